The lowest BCUT2D eigenvalue weighted by Gasteiger charge is -2.29. The molecule has 266 valence electrons. The molecule has 0 unspecified atom stereocenters. The van der Waals surface area contributed by atoms with Gasteiger partial charge >= 0.3 is 42.4 Å². The highest BCUT2D eigenvalue weighted by atomic mass is 35.5. The first-order valence-electron chi connectivity index (χ1n) is 11.9. The lowest BCUT2D eigenvalue weighted by atomic mass is 10.2. The first-order chi connectivity index (χ1) is 20.3. The van der Waals surface area contributed by atoms with Gasteiger partial charge in [-0.05, 0) is 25.7 Å². The van der Waals surface area contributed by atoms with Gasteiger partial charge in [0.2, 0.25) is 0 Å². The van der Waals surface area contributed by atoms with Crippen LogP contribution < -0.4 is 10.6 Å². The van der Waals surface area contributed by atoms with Crippen LogP contribution in [-0.2, 0) is 18.3 Å². The van der Waals surface area contributed by atoms with Crippen molar-refractivity contribution in [1.82, 2.24) is 20.7 Å². The molecule has 12 N–H and O–H groups in total. The minimum absolute atomic E-state index is 0.0171. The Kier molecular flexibility index (Phi) is 20.0. The van der Waals surface area contributed by atoms with E-state index in [4.69, 9.17) is 62.3 Å². The molecule has 0 aliphatic carbocycles. The quantitative estimate of drug-likeness (QED) is 0.0265. The molecule has 0 heterocycles. The molecule has 30 heteroatoms. The van der Waals surface area contributed by atoms with Gasteiger partial charge in [-0.15, -0.1) is 33.0 Å². The maximum absolute atomic E-state index is 11.4. The van der Waals surface area contributed by atoms with Gasteiger partial charge in [0.15, 0.2) is 0 Å². The van der Waals surface area contributed by atoms with E-state index in [1.54, 1.807) is 0 Å². The van der Waals surface area contributed by atoms with E-state index in [1.807, 2.05) is 0 Å². The van der Waals surface area contributed by atoms with Gasteiger partial charge < -0.3 is 60.0 Å². The fourth-order valence-electron chi connectivity index (χ4n) is 2.83. The summed E-state index contributed by atoms with van der Waals surface area (Å²) in [6, 6.07) is -1.80. The van der Waals surface area contributed by atoms with Crippen molar-refractivity contribution in [3.63, 3.8) is 0 Å². The number of carbonyl (C=O) groups excluding carboxylic acids is 2. The zero-order chi connectivity index (χ0) is 35.9. The van der Waals surface area contributed by atoms with Crippen LogP contribution in [0, 0.1) is 9.81 Å². The van der Waals surface area contributed by atoms with E-state index in [-0.39, 0.29) is 57.2 Å². The number of nitrogens with zero attached hydrogens (tertiary/aromatic N) is 4. The van der Waals surface area contributed by atoms with Crippen LogP contribution in [-0.4, -0.2) is 120 Å². The second-order valence-electron chi connectivity index (χ2n) is 8.54. The summed E-state index contributed by atoms with van der Waals surface area (Å²) in [5.74, 6) is -0.0773. The molecular formula is C15H34Cl2N6O18P4. The molecule has 0 rings (SSSR count). The molecule has 0 atom stereocenters. The maximum atomic E-state index is 11.4. The van der Waals surface area contributed by atoms with Crippen molar-refractivity contribution >= 4 is 65.6 Å². The van der Waals surface area contributed by atoms with E-state index >= 15 is 0 Å². The van der Waals surface area contributed by atoms with E-state index in [0.717, 1.165) is 0 Å². The molecule has 4 amide bonds. The number of unbranched alkanes of at least 4 members (excludes halogenated alkanes) is 1. The van der Waals surface area contributed by atoms with Crippen LogP contribution in [0.1, 0.15) is 32.1 Å². The number of hydrogen-bond acceptors (Lipinski definition) is 12. The molecule has 0 aromatic heterocycles. The van der Waals surface area contributed by atoms with Crippen LogP contribution in [0.4, 0.5) is 9.59 Å². The highest BCUT2D eigenvalue weighted by molar-refractivity contribution is 7.72. The minimum atomic E-state index is -5.53. The van der Waals surface area contributed by atoms with Gasteiger partial charge in [-0.3, -0.25) is 18.3 Å². The molecule has 0 aliphatic rings. The zero-order valence-corrected chi connectivity index (χ0v) is 27.9. The summed E-state index contributed by atoms with van der Waals surface area (Å²) in [7, 11) is -22.0. The number of urea groups is 2. The molecule has 0 saturated heterocycles. The molecule has 0 fully saturated rings. The summed E-state index contributed by atoms with van der Waals surface area (Å²) in [6.07, 6.45) is -2.43. The maximum Gasteiger partial charge on any atom is 0.369 e. The summed E-state index contributed by atoms with van der Waals surface area (Å²) < 4.78 is 44.3. The molecule has 24 nitrogen and oxygen atoms in total. The zero-order valence-electron chi connectivity index (χ0n) is 22.8. The predicted octanol–water partition coefficient (Wildman–Crippen LogP) is -0.210. The van der Waals surface area contributed by atoms with Gasteiger partial charge in [-0.2, -0.15) is 10.0 Å². The Morgan fingerprint density at radius 1 is 0.600 bits per heavy atom. The standard InChI is InChI=1S/C8H18ClN3O9P2.C7H16ClN3O9P2/c9-4-6-12(11-15)7(13)10-5-2-1-3-8(14,22(16,17)18)23(19,20)21;8-3-5-11(10-14)6(12)9-4-1-2-7(13,21(15,16)17)22(18,19)20/h14H,1-6H2,(H,10,13)(H2,16,17,18)(H2,19,20,21);13H,1-5H2,(H,9,12)(H2,15,16,17)(H2,18,19,20). The lowest BCUT2D eigenvalue weighted by Crippen LogP contribution is -2.38. The predicted molar refractivity (Wildman–Crippen MR) is 154 cm³/mol. The number of aliphatic hydroxyl groups is 2. The van der Waals surface area contributed by atoms with Crippen molar-refractivity contribution < 1.29 is 77.2 Å². The summed E-state index contributed by atoms with van der Waals surface area (Å²) in [5.41, 5.74) is 0. The van der Waals surface area contributed by atoms with Gasteiger partial charge in [0.1, 0.15) is 0 Å². The first kappa shape index (κ1) is 46.0. The first-order valence-corrected chi connectivity index (χ1v) is 19.4. The van der Waals surface area contributed by atoms with Crippen LogP contribution in [0.5, 0.6) is 0 Å². The molecule has 0 bridgehead atoms. The summed E-state index contributed by atoms with van der Waals surface area (Å²) >= 11 is 10.7. The third-order valence-electron chi connectivity index (χ3n) is 5.31. The van der Waals surface area contributed by atoms with E-state index in [9.17, 15) is 47.9 Å². The fourth-order valence-corrected chi connectivity index (χ4v) is 7.66. The smallest absolute Gasteiger partial charge is 0.368 e. The SMILES string of the molecule is O=NN(CCCl)C(=O)NCCCC(O)(P(=O)(O)O)P(=O)(O)O.O=NN(CCCl)C(=O)NCCCCC(O)(P(=O)(O)O)P(=O)(O)O. The van der Waals surface area contributed by atoms with Gasteiger partial charge in [0, 0.05) is 31.3 Å². The number of hydrogen-bond donors (Lipinski definition) is 12. The number of rotatable bonds is 19. The normalized spacial score (nSPS) is 12.8. The average Bonchev–Trinajstić information content (AvgIpc) is 2.89. The monoisotopic (exact) mass is 780 g/mol. The van der Waals surface area contributed by atoms with Crippen LogP contribution in [0.15, 0.2) is 10.6 Å². The average molecular weight is 781 g/mol. The Hall–Kier alpha value is -1.16. The second kappa shape index (κ2) is 19.6. The third-order valence-corrected chi connectivity index (χ3v) is 13.4. The Balaban J connectivity index is 0. The number of nitrogens with one attached hydrogen (secondary N) is 2. The molecular weight excluding hydrogens is 747 g/mol. The summed E-state index contributed by atoms with van der Waals surface area (Å²) in [4.78, 5) is 115. The highest BCUT2D eigenvalue weighted by Gasteiger charge is 2.59. The second-order valence-corrected chi connectivity index (χ2v) is 17.3. The Bertz CT molecular complexity index is 1130. The number of alkyl halides is 2. The highest BCUT2D eigenvalue weighted by Crippen LogP contribution is 2.70. The Morgan fingerprint density at radius 2 is 0.889 bits per heavy atom. The number of carbonyl (C=O) groups is 2. The van der Waals surface area contributed by atoms with Crippen molar-refractivity contribution in [2.45, 2.75) is 42.3 Å². The summed E-state index contributed by atoms with van der Waals surface area (Å²) in [5, 5.41) is 22.3. The van der Waals surface area contributed by atoms with Gasteiger partial charge in [0.25, 0.3) is 10.2 Å². The molecule has 45 heavy (non-hydrogen) atoms. The van der Waals surface area contributed by atoms with Crippen molar-refractivity contribution in [3.8, 4) is 0 Å². The number of halogens is 2. The van der Waals surface area contributed by atoms with Crippen molar-refractivity contribution in [2.75, 3.05) is 37.9 Å². The van der Waals surface area contributed by atoms with Crippen LogP contribution in [0.2, 0.25) is 0 Å². The van der Waals surface area contributed by atoms with Crippen molar-refractivity contribution in [1.29, 1.82) is 0 Å². The Labute approximate surface area is 264 Å². The van der Waals surface area contributed by atoms with Gasteiger partial charge in [-0.1, -0.05) is 0 Å². The van der Waals surface area contributed by atoms with Crippen molar-refractivity contribution in [3.05, 3.63) is 9.81 Å². The van der Waals surface area contributed by atoms with E-state index in [2.05, 4.69) is 21.2 Å². The van der Waals surface area contributed by atoms with E-state index in [0.29, 0.717) is 10.0 Å². The Morgan fingerprint density at radius 3 is 1.16 bits per heavy atom. The van der Waals surface area contributed by atoms with Crippen LogP contribution in [0.3, 0.4) is 0 Å². The molecule has 0 aromatic carbocycles. The van der Waals surface area contributed by atoms with Gasteiger partial charge in [0.05, 0.1) is 23.7 Å². The topological polar surface area (TPSA) is 394 Å². The molecule has 0 saturated carbocycles. The van der Waals surface area contributed by atoms with E-state index in [1.165, 1.54) is 0 Å². The molecule has 0 aliphatic heterocycles. The van der Waals surface area contributed by atoms with Gasteiger partial charge in [-0.25, -0.2) is 9.59 Å². The number of nitroso groups, excluding NO2 is 2. The molecule has 0 aromatic rings. The molecule has 0 spiro atoms. The fraction of sp³-hybridized carbons (Fsp3) is 0.867. The van der Waals surface area contributed by atoms with Crippen LogP contribution >= 0.6 is 53.6 Å². The number of amides is 4. The van der Waals surface area contributed by atoms with E-state index < -0.39 is 65.5 Å². The summed E-state index contributed by atoms with van der Waals surface area (Å²) in [6.45, 7) is -0.695. The van der Waals surface area contributed by atoms with Crippen molar-refractivity contribution in [2.24, 2.45) is 10.6 Å². The third kappa shape index (κ3) is 14.6. The lowest BCUT2D eigenvalue weighted by molar-refractivity contribution is 0.120. The minimum Gasteiger partial charge on any atom is -0.368 e. The molecule has 0 radical (unpaired) electrons. The largest absolute Gasteiger partial charge is 0.369 e. The van der Waals surface area contributed by atoms with Crippen LogP contribution in [0.25, 0.3) is 0 Å².